The van der Waals surface area contributed by atoms with Crippen molar-refractivity contribution in [1.82, 2.24) is 0 Å². The first-order valence-electron chi connectivity index (χ1n) is 8.18. The molecule has 0 aliphatic heterocycles. The van der Waals surface area contributed by atoms with Crippen molar-refractivity contribution < 1.29 is 81.5 Å². The first kappa shape index (κ1) is 29.5. The van der Waals surface area contributed by atoms with Crippen LogP contribution in [0.15, 0.2) is 0 Å². The zero-order chi connectivity index (χ0) is 19.7. The van der Waals surface area contributed by atoms with E-state index in [-0.39, 0.29) is 0 Å². The summed E-state index contributed by atoms with van der Waals surface area (Å²) in [5.74, 6) is -0.403. The van der Waals surface area contributed by atoms with E-state index in [0.29, 0.717) is 24.0 Å². The van der Waals surface area contributed by atoms with Gasteiger partial charge in [0.05, 0.1) is 0 Å². The Balaban J connectivity index is -0.000000457. The second-order valence-corrected chi connectivity index (χ2v) is 10.6. The van der Waals surface area contributed by atoms with E-state index in [1.807, 2.05) is 0 Å². The Hall–Kier alpha value is 0.730. The summed E-state index contributed by atoms with van der Waals surface area (Å²) in [4.78, 5) is 18.0. The van der Waals surface area contributed by atoms with Crippen molar-refractivity contribution in [2.45, 2.75) is 61.6 Å². The van der Waals surface area contributed by atoms with Crippen LogP contribution in [-0.4, -0.2) is 47.6 Å². The number of hydrogen-bond acceptors (Lipinski definition) is 4. The Morgan fingerprint density at radius 1 is 0.792 bits per heavy atom. The maximum absolute atomic E-state index is 9.00. The molecule has 0 aromatic rings. The van der Waals surface area contributed by atoms with Crippen molar-refractivity contribution in [3.05, 3.63) is 0 Å². The number of carboxylic acid groups (broad SMARTS) is 2. The maximum atomic E-state index is 9.00. The molecule has 2 unspecified atom stereocenters. The molecule has 24 heavy (non-hydrogen) atoms. The van der Waals surface area contributed by atoms with E-state index in [9.17, 15) is 0 Å². The first-order chi connectivity index (χ1) is 11.0. The molecule has 0 aliphatic carbocycles. The number of carbonyl (C=O) groups is 2. The Morgan fingerprint density at radius 2 is 1.00 bits per heavy atom. The second kappa shape index (κ2) is 20.0. The minimum absolute atomic E-state index is 0.391. The van der Waals surface area contributed by atoms with Crippen LogP contribution in [0.2, 0.25) is 7.86 Å². The summed E-state index contributed by atoms with van der Waals surface area (Å²) in [6.07, 6.45) is 0.781. The van der Waals surface area contributed by atoms with Crippen LogP contribution in [0, 0.1) is 11.8 Å². The van der Waals surface area contributed by atoms with Crippen molar-refractivity contribution in [1.29, 1.82) is 0 Å². The fourth-order valence-electron chi connectivity index (χ4n) is 1.39. The van der Waals surface area contributed by atoms with Crippen LogP contribution in [-0.2, 0) is 71.3 Å². The molecule has 0 aliphatic rings. The summed E-state index contributed by atoms with van der Waals surface area (Å²) in [6, 6.07) is 0. The molecule has 0 bridgehead atoms. The Labute approximate surface area is 179 Å². The van der Waals surface area contributed by atoms with E-state index in [0.717, 1.165) is 79.3 Å². The third kappa shape index (κ3) is 30.6. The third-order valence-electron chi connectivity index (χ3n) is 2.27. The van der Waals surface area contributed by atoms with Crippen molar-refractivity contribution in [3.8, 4) is 0 Å². The van der Waals surface area contributed by atoms with E-state index < -0.39 is 11.9 Å². The van der Waals surface area contributed by atoms with Gasteiger partial charge in [-0.2, -0.15) is 0 Å². The predicted molar refractivity (Wildman–Crippen MR) is 85.4 cm³/mol. The van der Waals surface area contributed by atoms with E-state index in [2.05, 4.69) is 27.7 Å². The van der Waals surface area contributed by atoms with Gasteiger partial charge in [0.1, 0.15) is 0 Å². The topological polar surface area (TPSA) is 93.1 Å². The first-order valence-corrected chi connectivity index (χ1v) is 16.0. The van der Waals surface area contributed by atoms with E-state index >= 15 is 0 Å². The van der Waals surface area contributed by atoms with Crippen molar-refractivity contribution in [3.63, 3.8) is 0 Å². The molecule has 6 nitrogen and oxygen atoms in total. The predicted octanol–water partition coefficient (Wildman–Crippen LogP) is 3.18. The van der Waals surface area contributed by atoms with Crippen LogP contribution in [0.5, 0.6) is 0 Å². The zero-order valence-electron chi connectivity index (χ0n) is 16.1. The molecule has 0 aromatic heterocycles. The van der Waals surface area contributed by atoms with Crippen molar-refractivity contribution in [2.24, 2.45) is 11.8 Å². The molecule has 2 atom stereocenters. The van der Waals surface area contributed by atoms with Gasteiger partial charge in [-0.1, -0.05) is 0 Å². The zero-order valence-corrected chi connectivity index (χ0v) is 27.1. The molecule has 136 valence electrons. The van der Waals surface area contributed by atoms with Gasteiger partial charge in [-0.3, -0.25) is 9.59 Å². The summed E-state index contributed by atoms with van der Waals surface area (Å²) in [6.45, 7) is 12.8. The summed E-state index contributed by atoms with van der Waals surface area (Å²) < 4.78 is 14.5. The summed E-state index contributed by atoms with van der Waals surface area (Å²) in [5, 5.41) is 14.8. The molecule has 0 rings (SSSR count). The van der Waals surface area contributed by atoms with Crippen LogP contribution in [0.25, 0.3) is 0 Å². The van der Waals surface area contributed by atoms with Gasteiger partial charge in [0.2, 0.25) is 0 Å². The number of ether oxygens (including phenoxy) is 2. The van der Waals surface area contributed by atoms with Crippen LogP contribution >= 0.6 is 0 Å². The number of aliphatic carboxylic acids is 2. The monoisotopic (exact) mass is 724 g/mol. The molecule has 0 saturated carbocycles. The molecule has 0 radical (unpaired) electrons. The molecule has 2 N–H and O–H groups in total. The van der Waals surface area contributed by atoms with Crippen LogP contribution in [0.3, 0.4) is 0 Å². The molecule has 0 amide bonds. The van der Waals surface area contributed by atoms with Crippen LogP contribution in [0.4, 0.5) is 0 Å². The Kier molecular flexibility index (Phi) is 24.6. The van der Waals surface area contributed by atoms with E-state index in [4.69, 9.17) is 29.3 Å². The van der Waals surface area contributed by atoms with Gasteiger partial charge in [0.15, 0.2) is 0 Å². The summed E-state index contributed by atoms with van der Waals surface area (Å²) >= 11 is 1.62. The van der Waals surface area contributed by atoms with Crippen LogP contribution in [0.1, 0.15) is 41.5 Å². The van der Waals surface area contributed by atoms with Gasteiger partial charge < -0.3 is 10.2 Å². The molecule has 0 saturated heterocycles. The van der Waals surface area contributed by atoms with Crippen LogP contribution < -0.4 is 0 Å². The van der Waals surface area contributed by atoms with Gasteiger partial charge >= 0.3 is 135 Å². The molecule has 8 heteroatoms. The quantitative estimate of drug-likeness (QED) is 0.356. The van der Waals surface area contributed by atoms with Crippen molar-refractivity contribution >= 4 is 11.9 Å². The summed E-state index contributed by atoms with van der Waals surface area (Å²) in [7, 11) is 0. The molecular formula is C16H32Hg2O6. The molecule has 0 heterocycles. The number of hydrogen-bond donors (Lipinski definition) is 2. The normalized spacial score (nSPS) is 12.7. The molecular weight excluding hydrogens is 689 g/mol. The third-order valence-corrected chi connectivity index (χ3v) is 6.70. The number of carboxylic acids is 2. The SMILES string of the molecule is CC(=O)O.CC(=O)O.CC(C)COC([CH2][Hg])C([CH2][Hg])OCC(C)C. The molecule has 0 spiro atoms. The fourth-order valence-corrected chi connectivity index (χ4v) is 5.57. The molecule has 0 fully saturated rings. The fraction of sp³-hybridized carbons (Fsp3) is 0.875. The average Bonchev–Trinajstić information content (AvgIpc) is 2.40. The van der Waals surface area contributed by atoms with Gasteiger partial charge in [0, 0.05) is 13.8 Å². The number of rotatable bonds is 9. The van der Waals surface area contributed by atoms with Gasteiger partial charge in [-0.15, -0.1) is 0 Å². The van der Waals surface area contributed by atoms with Gasteiger partial charge in [-0.05, 0) is 0 Å². The second-order valence-electron chi connectivity index (χ2n) is 6.15. The summed E-state index contributed by atoms with van der Waals surface area (Å²) in [5.41, 5.74) is 0. The van der Waals surface area contributed by atoms with E-state index in [1.54, 1.807) is 0 Å². The average molecular weight is 722 g/mol. The minimum atomic E-state index is -0.833. The molecule has 0 aromatic carbocycles. The van der Waals surface area contributed by atoms with Crippen molar-refractivity contribution in [2.75, 3.05) is 13.2 Å². The Bertz CT molecular complexity index is 273. The van der Waals surface area contributed by atoms with E-state index in [1.165, 1.54) is 7.86 Å². The van der Waals surface area contributed by atoms with Gasteiger partial charge in [0.25, 0.3) is 11.9 Å². The standard InChI is InChI=1S/C12H24O2.2C2H4O2.2Hg/c1-9(2)7-13-11(5)12(6)14-8-10(3)4;2*1-2(3)4;;/h9-12H,5-8H2,1-4H3;2*1H3,(H,3,4);;. The van der Waals surface area contributed by atoms with Gasteiger partial charge in [-0.25, -0.2) is 0 Å². The Morgan fingerprint density at radius 3 is 1.12 bits per heavy atom.